The third-order valence-corrected chi connectivity index (χ3v) is 1.56. The van der Waals surface area contributed by atoms with Crippen molar-refractivity contribution in [2.75, 3.05) is 0 Å². The molecule has 5 heteroatoms. The summed E-state index contributed by atoms with van der Waals surface area (Å²) in [6.45, 7) is 4.00. The number of pyridine rings is 1. The van der Waals surface area contributed by atoms with Crippen LogP contribution in [0, 0.1) is 7.43 Å². The molecule has 2 aromatic rings. The minimum absolute atomic E-state index is 0. The summed E-state index contributed by atoms with van der Waals surface area (Å²) in [5.74, 6) is 0.579. The van der Waals surface area contributed by atoms with Crippen LogP contribution in [0.15, 0.2) is 41.6 Å². The zero-order valence-corrected chi connectivity index (χ0v) is 13.1. The molecule has 0 aliphatic rings. The molecule has 0 aliphatic heterocycles. The van der Waals surface area contributed by atoms with E-state index in [2.05, 4.69) is 15.0 Å². The van der Waals surface area contributed by atoms with Gasteiger partial charge in [-0.1, -0.05) is 19.9 Å². The number of hydrogen-bond donors (Lipinski definition) is 0. The molecule has 0 fully saturated rings. The van der Waals surface area contributed by atoms with Crippen molar-refractivity contribution in [1.82, 2.24) is 15.0 Å². The van der Waals surface area contributed by atoms with Crippen molar-refractivity contribution in [2.24, 2.45) is 0 Å². The smallest absolute Gasteiger partial charge is 0.157 e. The molecule has 0 unspecified atom stereocenters. The Hall–Kier alpha value is -0.866. The first kappa shape index (κ1) is 18.5. The monoisotopic (exact) mass is 306 g/mol. The summed E-state index contributed by atoms with van der Waals surface area (Å²) in [7, 11) is 0. The van der Waals surface area contributed by atoms with Gasteiger partial charge >= 0.3 is 0 Å². The maximum atomic E-state index is 10.7. The third kappa shape index (κ3) is 5.84. The van der Waals surface area contributed by atoms with Gasteiger partial charge in [0.2, 0.25) is 0 Å². The summed E-state index contributed by atoms with van der Waals surface area (Å²) in [5, 5.41) is 0. The molecule has 4 nitrogen and oxygen atoms in total. The van der Waals surface area contributed by atoms with Crippen LogP contribution in [0.3, 0.4) is 0 Å². The van der Waals surface area contributed by atoms with Crippen LogP contribution < -0.4 is 10.5 Å². The van der Waals surface area contributed by atoms with Crippen molar-refractivity contribution >= 4 is 0 Å². The Morgan fingerprint density at radius 3 is 2.18 bits per heavy atom. The maximum absolute atomic E-state index is 10.7. The third-order valence-electron chi connectivity index (χ3n) is 1.56. The quantitative estimate of drug-likeness (QED) is 0.756. The van der Waals surface area contributed by atoms with Crippen molar-refractivity contribution in [2.45, 2.75) is 13.8 Å². The second-order valence-corrected chi connectivity index (χ2v) is 2.46. The summed E-state index contributed by atoms with van der Waals surface area (Å²) in [4.78, 5) is 22.4. The van der Waals surface area contributed by atoms with E-state index >= 15 is 0 Å². The Morgan fingerprint density at radius 2 is 1.71 bits per heavy atom. The van der Waals surface area contributed by atoms with Crippen LogP contribution in [0.4, 0.5) is 0 Å². The second kappa shape index (κ2) is 10.3. The zero-order valence-electron chi connectivity index (χ0n) is 10.3. The van der Waals surface area contributed by atoms with Crippen LogP contribution in [0.1, 0.15) is 13.8 Å². The number of aromatic nitrogens is 3. The molecular formula is C12H15N3OY-2. The molecule has 0 saturated carbocycles. The van der Waals surface area contributed by atoms with E-state index in [1.54, 1.807) is 24.5 Å². The molecule has 0 N–H and O–H groups in total. The van der Waals surface area contributed by atoms with Crippen molar-refractivity contribution in [1.29, 1.82) is 0 Å². The molecule has 2 aromatic heterocycles. The van der Waals surface area contributed by atoms with Gasteiger partial charge in [-0.05, 0) is 17.7 Å². The molecular weight excluding hydrogens is 291 g/mol. The van der Waals surface area contributed by atoms with Gasteiger partial charge in [-0.3, -0.25) is 0 Å². The fourth-order valence-corrected chi connectivity index (χ4v) is 0.961. The van der Waals surface area contributed by atoms with Gasteiger partial charge in [0.05, 0.1) is 5.56 Å². The largest absolute Gasteiger partial charge is 0.629 e. The van der Waals surface area contributed by atoms with E-state index in [4.69, 9.17) is 0 Å². The summed E-state index contributed by atoms with van der Waals surface area (Å²) < 4.78 is 0. The molecule has 2 heterocycles. The minimum atomic E-state index is -0.250. The molecule has 0 aromatic carbocycles. The molecule has 0 atom stereocenters. The second-order valence-electron chi connectivity index (χ2n) is 2.46. The average molecular weight is 306 g/mol. The first-order chi connectivity index (χ1) is 7.36. The topological polar surface area (TPSA) is 57.0 Å². The molecule has 17 heavy (non-hydrogen) atoms. The summed E-state index contributed by atoms with van der Waals surface area (Å²) in [6.07, 6.45) is 4.76. The molecule has 89 valence electrons. The van der Waals surface area contributed by atoms with Gasteiger partial charge in [-0.25, -0.2) is 9.97 Å². The van der Waals surface area contributed by atoms with E-state index < -0.39 is 0 Å². The predicted octanol–water partition coefficient (Wildman–Crippen LogP) is 1.93. The van der Waals surface area contributed by atoms with E-state index in [9.17, 15) is 4.79 Å². The first-order valence-corrected chi connectivity index (χ1v) is 4.77. The van der Waals surface area contributed by atoms with Crippen molar-refractivity contribution in [3.05, 3.63) is 54.6 Å². The molecule has 0 aliphatic carbocycles. The van der Waals surface area contributed by atoms with Crippen molar-refractivity contribution < 1.29 is 32.7 Å². The Labute approximate surface area is 127 Å². The SMILES string of the molecule is CC.O=c1ccc(-c2ncccn2)c[n-]1.[CH3-].[Y]. The van der Waals surface area contributed by atoms with Crippen LogP contribution in [0.5, 0.6) is 0 Å². The fourth-order valence-electron chi connectivity index (χ4n) is 0.961. The number of rotatable bonds is 1. The van der Waals surface area contributed by atoms with Crippen LogP contribution in [-0.2, 0) is 32.7 Å². The van der Waals surface area contributed by atoms with Gasteiger partial charge in [0, 0.05) is 45.1 Å². The van der Waals surface area contributed by atoms with Gasteiger partial charge in [0.1, 0.15) is 0 Å². The molecule has 0 amide bonds. The Bertz CT molecular complexity index is 436. The van der Waals surface area contributed by atoms with Gasteiger partial charge in [0.25, 0.3) is 0 Å². The Kier molecular flexibility index (Phi) is 11.2. The minimum Gasteiger partial charge on any atom is -0.629 e. The van der Waals surface area contributed by atoms with E-state index in [1.807, 2.05) is 13.8 Å². The zero-order chi connectivity index (χ0) is 11.1. The number of hydrogen-bond acceptors (Lipinski definition) is 3. The molecule has 1 radical (unpaired) electrons. The molecule has 0 saturated heterocycles. The van der Waals surface area contributed by atoms with Crippen LogP contribution in [-0.4, -0.2) is 9.97 Å². The normalized spacial score (nSPS) is 7.88. The maximum Gasteiger partial charge on any atom is 0.157 e. The van der Waals surface area contributed by atoms with Crippen LogP contribution in [0.25, 0.3) is 11.4 Å². The van der Waals surface area contributed by atoms with Gasteiger partial charge in [0.15, 0.2) is 5.82 Å². The Morgan fingerprint density at radius 1 is 1.12 bits per heavy atom. The summed E-state index contributed by atoms with van der Waals surface area (Å²) in [5.41, 5.74) is 0.500. The summed E-state index contributed by atoms with van der Waals surface area (Å²) in [6, 6.07) is 4.79. The molecule has 2 rings (SSSR count). The van der Waals surface area contributed by atoms with Gasteiger partial charge < -0.3 is 17.2 Å². The van der Waals surface area contributed by atoms with E-state index in [1.165, 1.54) is 12.3 Å². The van der Waals surface area contributed by atoms with Gasteiger partial charge in [-0.2, -0.15) is 6.20 Å². The average Bonchev–Trinajstić information content (AvgIpc) is 2.34. The van der Waals surface area contributed by atoms with Crippen LogP contribution >= 0.6 is 0 Å². The van der Waals surface area contributed by atoms with Crippen molar-refractivity contribution in [3.8, 4) is 11.4 Å². The first-order valence-electron chi connectivity index (χ1n) is 4.77. The predicted molar refractivity (Wildman–Crippen MR) is 64.8 cm³/mol. The molecule has 0 spiro atoms. The standard InChI is InChI=1S/C9H7N3O.C2H6.CH3.Y/c13-8-3-2-7(6-12-8)9-10-4-1-5-11-9;1-2;;/h1-6H,(H,10,11,12,13);1-2H3;1H3;/q;;-1;/p-1. The fraction of sp³-hybridized carbons (Fsp3) is 0.167. The van der Waals surface area contributed by atoms with Crippen molar-refractivity contribution in [3.63, 3.8) is 0 Å². The molecule has 0 bridgehead atoms. The van der Waals surface area contributed by atoms with E-state index in [0.717, 1.165) is 5.56 Å². The Balaban J connectivity index is 0. The summed E-state index contributed by atoms with van der Waals surface area (Å²) >= 11 is 0. The number of nitrogens with zero attached hydrogens (tertiary/aromatic N) is 3. The van der Waals surface area contributed by atoms with Gasteiger partial charge in [-0.15, -0.1) is 0 Å². The van der Waals surface area contributed by atoms with Crippen LogP contribution in [0.2, 0.25) is 0 Å². The van der Waals surface area contributed by atoms with E-state index in [-0.39, 0.29) is 45.7 Å². The van der Waals surface area contributed by atoms with E-state index in [0.29, 0.717) is 5.82 Å².